The Morgan fingerprint density at radius 3 is 2.86 bits per heavy atom. The molecule has 0 unspecified atom stereocenters. The van der Waals surface area contributed by atoms with E-state index in [1.165, 1.54) is 0 Å². The molecule has 0 radical (unpaired) electrons. The van der Waals surface area contributed by atoms with E-state index in [4.69, 9.17) is 10.5 Å². The fraction of sp³-hybridized carbons (Fsp3) is 0.333. The zero-order valence-electron chi connectivity index (χ0n) is 12.3. The van der Waals surface area contributed by atoms with Gasteiger partial charge in [0.2, 0.25) is 5.91 Å². The second kappa shape index (κ2) is 6.78. The van der Waals surface area contributed by atoms with Gasteiger partial charge in [-0.2, -0.15) is 5.10 Å². The molecule has 0 aliphatic heterocycles. The fourth-order valence-electron chi connectivity index (χ4n) is 1.97. The van der Waals surface area contributed by atoms with E-state index < -0.39 is 0 Å². The van der Waals surface area contributed by atoms with Crippen molar-refractivity contribution < 1.29 is 9.53 Å². The molecule has 2 aromatic rings. The van der Waals surface area contributed by atoms with Gasteiger partial charge in [0.1, 0.15) is 5.75 Å². The Bertz CT molecular complexity index is 609. The molecule has 0 aliphatic carbocycles. The Hall–Kier alpha value is -2.50. The third-order valence-corrected chi connectivity index (χ3v) is 3.10. The molecule has 1 aromatic heterocycles. The number of aryl methyl sites for hydroxylation is 1. The second-order valence-electron chi connectivity index (χ2n) is 4.91. The molecule has 2 N–H and O–H groups in total. The molecule has 0 fully saturated rings. The molecule has 0 atom stereocenters. The van der Waals surface area contributed by atoms with Gasteiger partial charge in [0, 0.05) is 32.4 Å². The Balaban J connectivity index is 1.77. The van der Waals surface area contributed by atoms with Crippen molar-refractivity contribution in [1.82, 2.24) is 14.7 Å². The summed E-state index contributed by atoms with van der Waals surface area (Å²) in [5, 5.41) is 4.08. The van der Waals surface area contributed by atoms with E-state index in [2.05, 4.69) is 5.10 Å². The number of hydrogen-bond donors (Lipinski definition) is 1. The summed E-state index contributed by atoms with van der Waals surface area (Å²) in [5.74, 6) is 0.633. The zero-order chi connectivity index (χ0) is 15.2. The van der Waals surface area contributed by atoms with Crippen LogP contribution in [0.25, 0.3) is 0 Å². The highest BCUT2D eigenvalue weighted by atomic mass is 16.5. The molecule has 0 aliphatic rings. The van der Waals surface area contributed by atoms with E-state index in [9.17, 15) is 4.79 Å². The van der Waals surface area contributed by atoms with Gasteiger partial charge in [-0.1, -0.05) is 12.1 Å². The third-order valence-electron chi connectivity index (χ3n) is 3.10. The van der Waals surface area contributed by atoms with Crippen molar-refractivity contribution in [3.8, 4) is 5.75 Å². The first-order valence-electron chi connectivity index (χ1n) is 6.75. The van der Waals surface area contributed by atoms with Crippen molar-refractivity contribution >= 4 is 11.6 Å². The molecular formula is C15H20N4O2. The average Bonchev–Trinajstić information content (AvgIpc) is 2.86. The molecule has 6 nitrogen and oxygen atoms in total. The molecule has 0 saturated heterocycles. The van der Waals surface area contributed by atoms with Crippen molar-refractivity contribution in [2.45, 2.75) is 13.0 Å². The summed E-state index contributed by atoms with van der Waals surface area (Å²) in [6.07, 6.45) is 3.96. The molecule has 112 valence electrons. The highest BCUT2D eigenvalue weighted by Crippen LogP contribution is 2.19. The predicted molar refractivity (Wildman–Crippen MR) is 80.6 cm³/mol. The van der Waals surface area contributed by atoms with Crippen LogP contribution in [0.3, 0.4) is 0 Å². The van der Waals surface area contributed by atoms with E-state index >= 15 is 0 Å². The number of para-hydroxylation sites is 2. The number of aromatic nitrogens is 2. The topological polar surface area (TPSA) is 73.4 Å². The van der Waals surface area contributed by atoms with Crippen LogP contribution in [0.15, 0.2) is 36.7 Å². The van der Waals surface area contributed by atoms with Gasteiger partial charge in [-0.25, -0.2) is 0 Å². The third kappa shape index (κ3) is 4.24. The number of carbonyl (C=O) groups is 1. The predicted octanol–water partition coefficient (Wildman–Crippen LogP) is 1.43. The number of amides is 1. The summed E-state index contributed by atoms with van der Waals surface area (Å²) in [6, 6.07) is 7.25. The van der Waals surface area contributed by atoms with Crippen molar-refractivity contribution in [3.63, 3.8) is 0 Å². The maximum atomic E-state index is 12.0. The number of nitrogens with zero attached hydrogens (tertiary/aromatic N) is 3. The van der Waals surface area contributed by atoms with Crippen LogP contribution in [-0.2, 0) is 18.4 Å². The Kier molecular flexibility index (Phi) is 4.81. The Morgan fingerprint density at radius 2 is 2.19 bits per heavy atom. The highest BCUT2D eigenvalue weighted by molar-refractivity contribution is 5.76. The van der Waals surface area contributed by atoms with Crippen LogP contribution in [0.5, 0.6) is 5.75 Å². The lowest BCUT2D eigenvalue weighted by molar-refractivity contribution is -0.130. The smallest absolute Gasteiger partial charge is 0.226 e. The van der Waals surface area contributed by atoms with Gasteiger partial charge in [0.25, 0.3) is 0 Å². The summed E-state index contributed by atoms with van der Waals surface area (Å²) < 4.78 is 7.24. The van der Waals surface area contributed by atoms with E-state index in [-0.39, 0.29) is 5.91 Å². The van der Waals surface area contributed by atoms with E-state index in [0.717, 1.165) is 5.56 Å². The lowest BCUT2D eigenvalue weighted by Crippen LogP contribution is -2.27. The van der Waals surface area contributed by atoms with E-state index in [1.54, 1.807) is 35.0 Å². The standard InChI is InChI=1S/C15H20N4O2/c1-18(10-12-9-17-19(2)11-12)15(20)7-8-21-14-6-4-3-5-13(14)16/h3-6,9,11H,7-8,10,16H2,1-2H3. The van der Waals surface area contributed by atoms with Gasteiger partial charge in [-0.05, 0) is 12.1 Å². The molecule has 6 heteroatoms. The van der Waals surface area contributed by atoms with Crippen LogP contribution < -0.4 is 10.5 Å². The number of anilines is 1. The first kappa shape index (κ1) is 14.9. The monoisotopic (exact) mass is 288 g/mol. The minimum absolute atomic E-state index is 0.0216. The van der Waals surface area contributed by atoms with Crippen molar-refractivity contribution in [3.05, 3.63) is 42.2 Å². The lowest BCUT2D eigenvalue weighted by Gasteiger charge is -2.16. The lowest BCUT2D eigenvalue weighted by atomic mass is 10.3. The van der Waals surface area contributed by atoms with E-state index in [0.29, 0.717) is 31.0 Å². The van der Waals surface area contributed by atoms with Crippen LogP contribution in [0.2, 0.25) is 0 Å². The van der Waals surface area contributed by atoms with Crippen molar-refractivity contribution in [1.29, 1.82) is 0 Å². The van der Waals surface area contributed by atoms with Crippen LogP contribution in [0, 0.1) is 0 Å². The molecule has 1 amide bonds. The normalized spacial score (nSPS) is 10.4. The number of rotatable bonds is 6. The minimum Gasteiger partial charge on any atom is -0.491 e. The summed E-state index contributed by atoms with van der Waals surface area (Å²) in [5.41, 5.74) is 7.35. The molecule has 0 saturated carbocycles. The van der Waals surface area contributed by atoms with Gasteiger partial charge in [-0.3, -0.25) is 9.48 Å². The quantitative estimate of drug-likeness (QED) is 0.816. The van der Waals surface area contributed by atoms with Gasteiger partial charge >= 0.3 is 0 Å². The van der Waals surface area contributed by atoms with Crippen LogP contribution in [0.4, 0.5) is 5.69 Å². The molecule has 0 bridgehead atoms. The summed E-state index contributed by atoms with van der Waals surface area (Å²) in [4.78, 5) is 13.7. The van der Waals surface area contributed by atoms with Gasteiger partial charge in [-0.15, -0.1) is 0 Å². The highest BCUT2D eigenvalue weighted by Gasteiger charge is 2.10. The first-order valence-corrected chi connectivity index (χ1v) is 6.75. The molecule has 2 rings (SSSR count). The Morgan fingerprint density at radius 1 is 1.43 bits per heavy atom. The van der Waals surface area contributed by atoms with Gasteiger partial charge in [0.05, 0.1) is 24.9 Å². The zero-order valence-corrected chi connectivity index (χ0v) is 12.3. The average molecular weight is 288 g/mol. The number of nitrogen functional groups attached to an aromatic ring is 1. The van der Waals surface area contributed by atoms with Crippen molar-refractivity contribution in [2.24, 2.45) is 7.05 Å². The number of hydrogen-bond acceptors (Lipinski definition) is 4. The number of nitrogens with two attached hydrogens (primary N) is 1. The maximum absolute atomic E-state index is 12.0. The number of benzene rings is 1. The minimum atomic E-state index is 0.0216. The van der Waals surface area contributed by atoms with E-state index in [1.807, 2.05) is 25.4 Å². The molecule has 1 aromatic carbocycles. The van der Waals surface area contributed by atoms with Crippen LogP contribution >= 0.6 is 0 Å². The second-order valence-corrected chi connectivity index (χ2v) is 4.91. The molecule has 1 heterocycles. The summed E-state index contributed by atoms with van der Waals surface area (Å²) in [7, 11) is 3.62. The van der Waals surface area contributed by atoms with Crippen LogP contribution in [-0.4, -0.2) is 34.2 Å². The van der Waals surface area contributed by atoms with Gasteiger partial charge < -0.3 is 15.4 Å². The summed E-state index contributed by atoms with van der Waals surface area (Å²) in [6.45, 7) is 0.852. The van der Waals surface area contributed by atoms with Crippen molar-refractivity contribution in [2.75, 3.05) is 19.4 Å². The SMILES string of the molecule is CN(Cc1cnn(C)c1)C(=O)CCOc1ccccc1N. The first-order chi connectivity index (χ1) is 10.1. The number of ether oxygens (including phenoxy) is 1. The maximum Gasteiger partial charge on any atom is 0.226 e. The van der Waals surface area contributed by atoms with Gasteiger partial charge in [0.15, 0.2) is 0 Å². The molecule has 21 heavy (non-hydrogen) atoms. The molecular weight excluding hydrogens is 268 g/mol. The fourth-order valence-corrected chi connectivity index (χ4v) is 1.97. The van der Waals surface area contributed by atoms with Crippen LogP contribution in [0.1, 0.15) is 12.0 Å². The Labute approximate surface area is 124 Å². The number of carbonyl (C=O) groups excluding carboxylic acids is 1. The summed E-state index contributed by atoms with van der Waals surface area (Å²) >= 11 is 0. The molecule has 0 spiro atoms. The largest absolute Gasteiger partial charge is 0.491 e.